The lowest BCUT2D eigenvalue weighted by molar-refractivity contribution is 0.0411. The van der Waals surface area contributed by atoms with Crippen LogP contribution < -0.4 is 0 Å². The number of nitrogens with zero attached hydrogens (tertiary/aromatic N) is 1. The minimum atomic E-state index is -0.0896. The zero-order valence-corrected chi connectivity index (χ0v) is 9.98. The van der Waals surface area contributed by atoms with Gasteiger partial charge in [-0.25, -0.2) is 0 Å². The Labute approximate surface area is 102 Å². The number of rotatable bonds is 2. The average molecular weight is 227 g/mol. The zero-order chi connectivity index (χ0) is 11.9. The summed E-state index contributed by atoms with van der Waals surface area (Å²) in [5, 5.41) is 0. The molecule has 17 heavy (non-hydrogen) atoms. The molecule has 2 aliphatic rings. The van der Waals surface area contributed by atoms with Gasteiger partial charge in [0.1, 0.15) is 0 Å². The Morgan fingerprint density at radius 3 is 3.00 bits per heavy atom. The number of carbonyl (C=O) groups is 1. The first-order valence-electron chi connectivity index (χ1n) is 6.32. The molecule has 0 radical (unpaired) electrons. The van der Waals surface area contributed by atoms with Gasteiger partial charge >= 0.3 is 0 Å². The van der Waals surface area contributed by atoms with Gasteiger partial charge in [0.15, 0.2) is 0 Å². The van der Waals surface area contributed by atoms with E-state index >= 15 is 0 Å². The highest BCUT2D eigenvalue weighted by molar-refractivity contribution is 6.00. The SMILES string of the molecule is C=CCC12CCCCN1C(=O)c1ccccc12. The third-order valence-electron chi connectivity index (χ3n) is 4.12. The first-order valence-corrected chi connectivity index (χ1v) is 6.32. The average Bonchev–Trinajstić information content (AvgIpc) is 2.62. The highest BCUT2D eigenvalue weighted by Gasteiger charge is 2.49. The van der Waals surface area contributed by atoms with Crippen molar-refractivity contribution in [2.75, 3.05) is 6.54 Å². The van der Waals surface area contributed by atoms with Crippen LogP contribution in [0.25, 0.3) is 0 Å². The summed E-state index contributed by atoms with van der Waals surface area (Å²) in [6.45, 7) is 4.76. The number of carbonyl (C=O) groups excluding carboxylic acids is 1. The van der Waals surface area contributed by atoms with Gasteiger partial charge in [0.25, 0.3) is 5.91 Å². The van der Waals surface area contributed by atoms with Gasteiger partial charge < -0.3 is 4.90 Å². The molecule has 2 nitrogen and oxygen atoms in total. The minimum Gasteiger partial charge on any atom is -0.329 e. The van der Waals surface area contributed by atoms with Gasteiger partial charge in [0, 0.05) is 12.1 Å². The fourth-order valence-corrected chi connectivity index (χ4v) is 3.39. The Bertz CT molecular complexity index is 480. The summed E-state index contributed by atoms with van der Waals surface area (Å²) in [7, 11) is 0. The second-order valence-corrected chi connectivity index (χ2v) is 4.98. The predicted octanol–water partition coefficient (Wildman–Crippen LogP) is 3.10. The van der Waals surface area contributed by atoms with Crippen molar-refractivity contribution >= 4 is 5.91 Å². The molecule has 2 heteroatoms. The maximum absolute atomic E-state index is 12.4. The van der Waals surface area contributed by atoms with Crippen molar-refractivity contribution in [2.45, 2.75) is 31.2 Å². The molecule has 1 atom stereocenters. The van der Waals surface area contributed by atoms with Crippen LogP contribution in [0.5, 0.6) is 0 Å². The van der Waals surface area contributed by atoms with Crippen LogP contribution in [0.1, 0.15) is 41.6 Å². The molecule has 1 aromatic carbocycles. The molecule has 3 rings (SSSR count). The van der Waals surface area contributed by atoms with Gasteiger partial charge in [-0.2, -0.15) is 0 Å². The highest BCUT2D eigenvalue weighted by atomic mass is 16.2. The van der Waals surface area contributed by atoms with E-state index in [2.05, 4.69) is 17.5 Å². The van der Waals surface area contributed by atoms with E-state index in [1.165, 1.54) is 12.0 Å². The van der Waals surface area contributed by atoms with E-state index in [0.29, 0.717) is 0 Å². The van der Waals surface area contributed by atoms with E-state index < -0.39 is 0 Å². The van der Waals surface area contributed by atoms with Gasteiger partial charge in [0.05, 0.1) is 5.54 Å². The Hall–Kier alpha value is -1.57. The van der Waals surface area contributed by atoms with Crippen LogP contribution in [0.15, 0.2) is 36.9 Å². The number of hydrogen-bond donors (Lipinski definition) is 0. The topological polar surface area (TPSA) is 20.3 Å². The molecule has 0 spiro atoms. The fraction of sp³-hybridized carbons (Fsp3) is 0.400. The second kappa shape index (κ2) is 3.73. The molecule has 1 amide bonds. The molecule has 1 saturated heterocycles. The van der Waals surface area contributed by atoms with Crippen molar-refractivity contribution in [3.8, 4) is 0 Å². The van der Waals surface area contributed by atoms with Crippen LogP contribution in [0.4, 0.5) is 0 Å². The molecule has 0 N–H and O–H groups in total. The zero-order valence-electron chi connectivity index (χ0n) is 9.98. The largest absolute Gasteiger partial charge is 0.329 e. The maximum Gasteiger partial charge on any atom is 0.254 e. The van der Waals surface area contributed by atoms with Crippen LogP contribution in [0.2, 0.25) is 0 Å². The number of fused-ring (bicyclic) bond motifs is 3. The fourth-order valence-electron chi connectivity index (χ4n) is 3.39. The van der Waals surface area contributed by atoms with E-state index in [1.807, 2.05) is 24.3 Å². The summed E-state index contributed by atoms with van der Waals surface area (Å²) in [5.74, 6) is 0.210. The number of benzene rings is 1. The number of amides is 1. The lowest BCUT2D eigenvalue weighted by atomic mass is 9.80. The maximum atomic E-state index is 12.4. The van der Waals surface area contributed by atoms with Crippen LogP contribution in [-0.4, -0.2) is 17.4 Å². The number of hydrogen-bond acceptors (Lipinski definition) is 1. The lowest BCUT2D eigenvalue weighted by Crippen LogP contribution is -2.46. The molecule has 1 aromatic rings. The molecule has 1 fully saturated rings. The van der Waals surface area contributed by atoms with E-state index in [0.717, 1.165) is 31.4 Å². The summed E-state index contributed by atoms with van der Waals surface area (Å²) in [6, 6.07) is 8.06. The first-order chi connectivity index (χ1) is 8.29. The second-order valence-electron chi connectivity index (χ2n) is 4.98. The molecule has 0 bridgehead atoms. The summed E-state index contributed by atoms with van der Waals surface area (Å²) < 4.78 is 0. The minimum absolute atomic E-state index is 0.0896. The molecule has 1 unspecified atom stereocenters. The van der Waals surface area contributed by atoms with E-state index in [-0.39, 0.29) is 11.4 Å². The Balaban J connectivity index is 2.18. The molecule has 2 aliphatic heterocycles. The van der Waals surface area contributed by atoms with Gasteiger partial charge in [-0.05, 0) is 37.3 Å². The molecule has 2 heterocycles. The third-order valence-corrected chi connectivity index (χ3v) is 4.12. The third kappa shape index (κ3) is 1.30. The lowest BCUT2D eigenvalue weighted by Gasteiger charge is -2.42. The normalized spacial score (nSPS) is 26.6. The molecule has 0 saturated carbocycles. The number of piperidine rings is 1. The van der Waals surface area contributed by atoms with Gasteiger partial charge in [-0.3, -0.25) is 4.79 Å². The van der Waals surface area contributed by atoms with Gasteiger partial charge in [-0.1, -0.05) is 24.3 Å². The summed E-state index contributed by atoms with van der Waals surface area (Å²) in [4.78, 5) is 14.5. The van der Waals surface area contributed by atoms with Crippen molar-refractivity contribution in [1.82, 2.24) is 4.90 Å². The Morgan fingerprint density at radius 1 is 1.35 bits per heavy atom. The summed E-state index contributed by atoms with van der Waals surface area (Å²) in [6.07, 6.45) is 6.22. The van der Waals surface area contributed by atoms with Crippen molar-refractivity contribution in [3.63, 3.8) is 0 Å². The molecule has 0 aromatic heterocycles. The summed E-state index contributed by atoms with van der Waals surface area (Å²) in [5.41, 5.74) is 2.02. The molecule has 0 aliphatic carbocycles. The Morgan fingerprint density at radius 2 is 2.18 bits per heavy atom. The van der Waals surface area contributed by atoms with Gasteiger partial charge in [0.2, 0.25) is 0 Å². The van der Waals surface area contributed by atoms with E-state index in [9.17, 15) is 4.79 Å². The smallest absolute Gasteiger partial charge is 0.254 e. The first kappa shape index (κ1) is 10.6. The van der Waals surface area contributed by atoms with Crippen molar-refractivity contribution in [3.05, 3.63) is 48.0 Å². The molecule has 88 valence electrons. The van der Waals surface area contributed by atoms with Crippen molar-refractivity contribution in [2.24, 2.45) is 0 Å². The standard InChI is InChI=1S/C15H17NO/c1-2-9-15-10-5-6-11-16(15)14(17)12-7-3-4-8-13(12)15/h2-4,7-8H,1,5-6,9-11H2. The van der Waals surface area contributed by atoms with Crippen molar-refractivity contribution < 1.29 is 4.79 Å². The van der Waals surface area contributed by atoms with Crippen molar-refractivity contribution in [1.29, 1.82) is 0 Å². The predicted molar refractivity (Wildman–Crippen MR) is 67.8 cm³/mol. The molecular formula is C15H17NO. The monoisotopic (exact) mass is 227 g/mol. The van der Waals surface area contributed by atoms with Crippen LogP contribution in [-0.2, 0) is 5.54 Å². The van der Waals surface area contributed by atoms with Crippen LogP contribution in [0.3, 0.4) is 0 Å². The van der Waals surface area contributed by atoms with Gasteiger partial charge in [-0.15, -0.1) is 6.58 Å². The Kier molecular flexibility index (Phi) is 2.32. The van der Waals surface area contributed by atoms with E-state index in [4.69, 9.17) is 0 Å². The highest BCUT2D eigenvalue weighted by Crippen LogP contribution is 2.47. The van der Waals surface area contributed by atoms with Crippen LogP contribution in [0, 0.1) is 0 Å². The van der Waals surface area contributed by atoms with E-state index in [1.54, 1.807) is 0 Å². The van der Waals surface area contributed by atoms with Crippen LogP contribution >= 0.6 is 0 Å². The quantitative estimate of drug-likeness (QED) is 0.711. The summed E-state index contributed by atoms with van der Waals surface area (Å²) >= 11 is 0. The molecular weight excluding hydrogens is 210 g/mol.